The predicted octanol–water partition coefficient (Wildman–Crippen LogP) is 3.67. The molecule has 0 bridgehead atoms. The number of benzene rings is 2. The van der Waals surface area contributed by atoms with Gasteiger partial charge >= 0.3 is 0 Å². The maximum absolute atomic E-state index is 12.0. The number of nitrogens with one attached hydrogen (secondary N) is 2. The van der Waals surface area contributed by atoms with E-state index in [0.717, 1.165) is 32.0 Å². The van der Waals surface area contributed by atoms with Crippen LogP contribution in [0.1, 0.15) is 49.3 Å². The molecular weight excluding hydrogens is 360 g/mol. The van der Waals surface area contributed by atoms with Crippen molar-refractivity contribution >= 4 is 11.9 Å². The summed E-state index contributed by atoms with van der Waals surface area (Å²) in [7, 11) is 0. The molecule has 2 aromatic rings. The number of carbonyl (C=O) groups is 1. The van der Waals surface area contributed by atoms with E-state index < -0.39 is 0 Å². The molecule has 154 valence electrons. The van der Waals surface area contributed by atoms with Crippen LogP contribution < -0.4 is 10.6 Å². The lowest BCUT2D eigenvalue weighted by molar-refractivity contribution is -0.128. The molecule has 0 aromatic heterocycles. The average Bonchev–Trinajstić information content (AvgIpc) is 3.16. The largest absolute Gasteiger partial charge is 0.357 e. The van der Waals surface area contributed by atoms with Crippen LogP contribution in [0.2, 0.25) is 0 Å². The second-order valence-corrected chi connectivity index (χ2v) is 7.58. The van der Waals surface area contributed by atoms with E-state index in [1.54, 1.807) is 0 Å². The molecule has 2 aromatic carbocycles. The summed E-state index contributed by atoms with van der Waals surface area (Å²) in [4.78, 5) is 18.7. The Kier molecular flexibility index (Phi) is 7.68. The summed E-state index contributed by atoms with van der Waals surface area (Å²) in [6.07, 6.45) is 1.64. The minimum atomic E-state index is 0.258. The van der Waals surface area contributed by atoms with Gasteiger partial charge in [-0.1, -0.05) is 61.5 Å². The molecule has 1 atom stereocenters. The summed E-state index contributed by atoms with van der Waals surface area (Å²) in [5, 5.41) is 6.80. The second-order valence-electron chi connectivity index (χ2n) is 7.58. The zero-order valence-corrected chi connectivity index (χ0v) is 17.5. The average molecular weight is 393 g/mol. The highest BCUT2D eigenvalue weighted by Gasteiger charge is 2.20. The predicted molar refractivity (Wildman–Crippen MR) is 119 cm³/mol. The van der Waals surface area contributed by atoms with Gasteiger partial charge in [-0.2, -0.15) is 0 Å². The lowest BCUT2D eigenvalue weighted by Crippen LogP contribution is -2.39. The normalized spacial score (nSPS) is 15.4. The Morgan fingerprint density at radius 3 is 2.48 bits per heavy atom. The van der Waals surface area contributed by atoms with Gasteiger partial charge in [-0.25, -0.2) is 4.99 Å². The van der Waals surface area contributed by atoms with Crippen molar-refractivity contribution in [3.63, 3.8) is 0 Å². The molecule has 1 amide bonds. The Hall–Kier alpha value is -2.82. The minimum absolute atomic E-state index is 0.258. The highest BCUT2D eigenvalue weighted by Crippen LogP contribution is 2.18. The van der Waals surface area contributed by atoms with Gasteiger partial charge in [0.1, 0.15) is 0 Å². The monoisotopic (exact) mass is 392 g/mol. The topological polar surface area (TPSA) is 56.7 Å². The Bertz CT molecular complexity index is 819. The van der Waals surface area contributed by atoms with Crippen LogP contribution in [0.4, 0.5) is 0 Å². The SMILES string of the molecule is CCNC(=NCc1ccccc1CN1CCCC1=O)NCC(C)c1ccccc1. The summed E-state index contributed by atoms with van der Waals surface area (Å²) in [5.74, 6) is 1.48. The molecule has 0 radical (unpaired) electrons. The summed E-state index contributed by atoms with van der Waals surface area (Å²) in [6.45, 7) is 8.05. The van der Waals surface area contributed by atoms with Crippen molar-refractivity contribution in [1.29, 1.82) is 0 Å². The van der Waals surface area contributed by atoms with Crippen LogP contribution in [0.25, 0.3) is 0 Å². The van der Waals surface area contributed by atoms with Gasteiger partial charge < -0.3 is 15.5 Å². The molecule has 29 heavy (non-hydrogen) atoms. The van der Waals surface area contributed by atoms with Gasteiger partial charge in [0.25, 0.3) is 0 Å². The Morgan fingerprint density at radius 2 is 1.79 bits per heavy atom. The van der Waals surface area contributed by atoms with Gasteiger partial charge in [0, 0.05) is 32.6 Å². The number of likely N-dealkylation sites (tertiary alicyclic amines) is 1. The fourth-order valence-corrected chi connectivity index (χ4v) is 3.60. The number of guanidine groups is 1. The van der Waals surface area contributed by atoms with Gasteiger partial charge in [-0.3, -0.25) is 4.79 Å². The molecule has 1 saturated heterocycles. The molecule has 0 aliphatic carbocycles. The van der Waals surface area contributed by atoms with E-state index in [4.69, 9.17) is 4.99 Å². The number of carbonyl (C=O) groups excluding carboxylic acids is 1. The van der Waals surface area contributed by atoms with Crippen molar-refractivity contribution in [3.8, 4) is 0 Å². The number of amides is 1. The van der Waals surface area contributed by atoms with Gasteiger partial charge in [0.2, 0.25) is 5.91 Å². The van der Waals surface area contributed by atoms with Crippen LogP contribution in [0, 0.1) is 0 Å². The van der Waals surface area contributed by atoms with E-state index >= 15 is 0 Å². The first kappa shape index (κ1) is 20.9. The number of hydrogen-bond acceptors (Lipinski definition) is 2. The molecule has 5 nitrogen and oxygen atoms in total. The smallest absolute Gasteiger partial charge is 0.222 e. The van der Waals surface area contributed by atoms with E-state index in [-0.39, 0.29) is 5.91 Å². The third kappa shape index (κ3) is 6.08. The van der Waals surface area contributed by atoms with Crippen molar-refractivity contribution in [1.82, 2.24) is 15.5 Å². The van der Waals surface area contributed by atoms with Crippen LogP contribution in [0.15, 0.2) is 59.6 Å². The first-order chi connectivity index (χ1) is 14.2. The quantitative estimate of drug-likeness (QED) is 0.532. The van der Waals surface area contributed by atoms with Crippen molar-refractivity contribution in [3.05, 3.63) is 71.3 Å². The van der Waals surface area contributed by atoms with Crippen molar-refractivity contribution < 1.29 is 4.79 Å². The molecule has 5 heteroatoms. The molecule has 1 aliphatic heterocycles. The third-order valence-corrected chi connectivity index (χ3v) is 5.35. The Labute approximate surface area is 174 Å². The standard InChI is InChI=1S/C24H32N4O/c1-3-25-24(26-16-19(2)20-10-5-4-6-11-20)27-17-21-12-7-8-13-22(21)18-28-15-9-14-23(28)29/h4-8,10-13,19H,3,9,14-18H2,1-2H3,(H2,25,26,27). The van der Waals surface area contributed by atoms with Gasteiger partial charge in [-0.05, 0) is 36.0 Å². The second kappa shape index (κ2) is 10.6. The Morgan fingerprint density at radius 1 is 1.07 bits per heavy atom. The van der Waals surface area contributed by atoms with Gasteiger partial charge in [0.05, 0.1) is 6.54 Å². The van der Waals surface area contributed by atoms with E-state index in [2.05, 4.69) is 60.9 Å². The lowest BCUT2D eigenvalue weighted by atomic mass is 10.0. The van der Waals surface area contributed by atoms with Crippen LogP contribution >= 0.6 is 0 Å². The summed E-state index contributed by atoms with van der Waals surface area (Å²) in [5.41, 5.74) is 3.66. The maximum atomic E-state index is 12.0. The minimum Gasteiger partial charge on any atom is -0.357 e. The summed E-state index contributed by atoms with van der Waals surface area (Å²) < 4.78 is 0. The van der Waals surface area contributed by atoms with Crippen molar-refractivity contribution in [2.45, 2.75) is 45.7 Å². The number of rotatable bonds is 8. The fraction of sp³-hybridized carbons (Fsp3) is 0.417. The van der Waals surface area contributed by atoms with Crippen LogP contribution in [0.5, 0.6) is 0 Å². The summed E-state index contributed by atoms with van der Waals surface area (Å²) >= 11 is 0. The fourth-order valence-electron chi connectivity index (χ4n) is 3.60. The molecule has 1 unspecified atom stereocenters. The zero-order chi connectivity index (χ0) is 20.5. The molecule has 3 rings (SSSR count). The third-order valence-electron chi connectivity index (χ3n) is 5.35. The van der Waals surface area contributed by atoms with E-state index in [1.165, 1.54) is 16.7 Å². The highest BCUT2D eigenvalue weighted by atomic mass is 16.2. The van der Waals surface area contributed by atoms with Crippen LogP contribution in [-0.4, -0.2) is 36.4 Å². The highest BCUT2D eigenvalue weighted by molar-refractivity contribution is 5.80. The summed E-state index contributed by atoms with van der Waals surface area (Å²) in [6, 6.07) is 18.8. The number of hydrogen-bond donors (Lipinski definition) is 2. The van der Waals surface area contributed by atoms with Crippen molar-refractivity contribution in [2.75, 3.05) is 19.6 Å². The van der Waals surface area contributed by atoms with E-state index in [9.17, 15) is 4.79 Å². The number of nitrogens with zero attached hydrogens (tertiary/aromatic N) is 2. The molecule has 1 heterocycles. The van der Waals surface area contributed by atoms with Gasteiger partial charge in [-0.15, -0.1) is 0 Å². The lowest BCUT2D eigenvalue weighted by Gasteiger charge is -2.18. The van der Waals surface area contributed by atoms with E-state index in [0.29, 0.717) is 25.4 Å². The first-order valence-electron chi connectivity index (χ1n) is 10.6. The Balaban J connectivity index is 1.63. The van der Waals surface area contributed by atoms with E-state index in [1.807, 2.05) is 23.1 Å². The van der Waals surface area contributed by atoms with Crippen LogP contribution in [0.3, 0.4) is 0 Å². The first-order valence-corrected chi connectivity index (χ1v) is 10.6. The van der Waals surface area contributed by atoms with Gasteiger partial charge in [0.15, 0.2) is 5.96 Å². The van der Waals surface area contributed by atoms with Crippen LogP contribution in [-0.2, 0) is 17.9 Å². The molecule has 0 spiro atoms. The molecule has 1 fully saturated rings. The molecule has 2 N–H and O–H groups in total. The number of aliphatic imine (C=N–C) groups is 1. The molecule has 1 aliphatic rings. The molecular formula is C24H32N4O. The molecule has 0 saturated carbocycles. The zero-order valence-electron chi connectivity index (χ0n) is 17.5. The maximum Gasteiger partial charge on any atom is 0.222 e. The van der Waals surface area contributed by atoms with Crippen molar-refractivity contribution in [2.24, 2.45) is 4.99 Å².